The summed E-state index contributed by atoms with van der Waals surface area (Å²) in [5.74, 6) is 0. The minimum Gasteiger partial charge on any atom is -0.307 e. The quantitative estimate of drug-likeness (QED) is 0.518. The largest absolute Gasteiger partial charge is 0.307 e. The van der Waals surface area contributed by atoms with Crippen molar-refractivity contribution < 1.29 is 0 Å². The fourth-order valence-corrected chi connectivity index (χ4v) is 1.59. The lowest BCUT2D eigenvalue weighted by atomic mass is 10.1. The molecule has 0 radical (unpaired) electrons. The molecule has 0 aromatic heterocycles. The van der Waals surface area contributed by atoms with Crippen molar-refractivity contribution in [2.75, 3.05) is 20.1 Å². The SMILES string of the molecule is CC(C)=NNC1CCCN(C)CC1. The van der Waals surface area contributed by atoms with Gasteiger partial charge >= 0.3 is 0 Å². The van der Waals surface area contributed by atoms with Crippen molar-refractivity contribution in [3.63, 3.8) is 0 Å². The van der Waals surface area contributed by atoms with Crippen LogP contribution in [0.1, 0.15) is 33.1 Å². The van der Waals surface area contributed by atoms with Crippen molar-refractivity contribution >= 4 is 5.71 Å². The van der Waals surface area contributed by atoms with E-state index in [9.17, 15) is 0 Å². The molecule has 0 aromatic rings. The summed E-state index contributed by atoms with van der Waals surface area (Å²) in [6.45, 7) is 6.47. The molecule has 1 heterocycles. The fourth-order valence-electron chi connectivity index (χ4n) is 1.59. The average Bonchev–Trinajstić information content (AvgIpc) is 2.27. The highest BCUT2D eigenvalue weighted by atomic mass is 15.3. The van der Waals surface area contributed by atoms with Gasteiger partial charge in [-0.05, 0) is 53.2 Å². The summed E-state index contributed by atoms with van der Waals surface area (Å²) < 4.78 is 0. The van der Waals surface area contributed by atoms with E-state index in [1.165, 1.54) is 32.4 Å². The van der Waals surface area contributed by atoms with E-state index in [0.29, 0.717) is 6.04 Å². The van der Waals surface area contributed by atoms with Crippen molar-refractivity contribution in [2.24, 2.45) is 5.10 Å². The van der Waals surface area contributed by atoms with Gasteiger partial charge in [0.15, 0.2) is 0 Å². The van der Waals surface area contributed by atoms with E-state index in [4.69, 9.17) is 0 Å². The smallest absolute Gasteiger partial charge is 0.0452 e. The molecule has 0 saturated carbocycles. The zero-order valence-electron chi connectivity index (χ0n) is 9.01. The first-order valence-corrected chi connectivity index (χ1v) is 5.13. The summed E-state index contributed by atoms with van der Waals surface area (Å²) in [5.41, 5.74) is 4.35. The highest BCUT2D eigenvalue weighted by molar-refractivity contribution is 5.78. The Bertz CT molecular complexity index is 173. The molecule has 0 bridgehead atoms. The highest BCUT2D eigenvalue weighted by Gasteiger charge is 2.13. The van der Waals surface area contributed by atoms with Crippen LogP contribution in [0.3, 0.4) is 0 Å². The molecular weight excluding hydrogens is 162 g/mol. The van der Waals surface area contributed by atoms with Crippen molar-refractivity contribution in [3.8, 4) is 0 Å². The minimum absolute atomic E-state index is 0.583. The molecule has 0 amide bonds. The lowest BCUT2D eigenvalue weighted by Crippen LogP contribution is -2.26. The number of hydrogen-bond acceptors (Lipinski definition) is 3. The van der Waals surface area contributed by atoms with E-state index in [1.54, 1.807) is 0 Å². The highest BCUT2D eigenvalue weighted by Crippen LogP contribution is 2.09. The maximum Gasteiger partial charge on any atom is 0.0452 e. The van der Waals surface area contributed by atoms with Crippen LogP contribution < -0.4 is 5.43 Å². The van der Waals surface area contributed by atoms with Crippen LogP contribution in [0.2, 0.25) is 0 Å². The molecule has 0 spiro atoms. The van der Waals surface area contributed by atoms with Crippen LogP contribution in [0.4, 0.5) is 0 Å². The van der Waals surface area contributed by atoms with Crippen LogP contribution >= 0.6 is 0 Å². The molecule has 0 aromatic carbocycles. The summed E-state index contributed by atoms with van der Waals surface area (Å²) >= 11 is 0. The lowest BCUT2D eigenvalue weighted by molar-refractivity contribution is 0.344. The molecule has 3 nitrogen and oxygen atoms in total. The van der Waals surface area contributed by atoms with E-state index in [-0.39, 0.29) is 0 Å². The van der Waals surface area contributed by atoms with Gasteiger partial charge in [-0.3, -0.25) is 0 Å². The van der Waals surface area contributed by atoms with E-state index in [0.717, 1.165) is 5.71 Å². The van der Waals surface area contributed by atoms with E-state index in [1.807, 2.05) is 13.8 Å². The van der Waals surface area contributed by atoms with Gasteiger partial charge in [0, 0.05) is 11.8 Å². The zero-order valence-corrected chi connectivity index (χ0v) is 9.01. The molecule has 3 heteroatoms. The van der Waals surface area contributed by atoms with Gasteiger partial charge in [-0.1, -0.05) is 0 Å². The van der Waals surface area contributed by atoms with Gasteiger partial charge in [-0.15, -0.1) is 0 Å². The number of rotatable bonds is 2. The number of nitrogens with zero attached hydrogens (tertiary/aromatic N) is 2. The Labute approximate surface area is 81.2 Å². The van der Waals surface area contributed by atoms with E-state index in [2.05, 4.69) is 22.5 Å². The Balaban J connectivity index is 2.30. The van der Waals surface area contributed by atoms with Crippen LogP contribution in [0.15, 0.2) is 5.10 Å². The van der Waals surface area contributed by atoms with Crippen molar-refractivity contribution in [1.29, 1.82) is 0 Å². The Morgan fingerprint density at radius 2 is 2.08 bits per heavy atom. The first kappa shape index (κ1) is 10.5. The van der Waals surface area contributed by atoms with Crippen molar-refractivity contribution in [1.82, 2.24) is 10.3 Å². The zero-order chi connectivity index (χ0) is 9.68. The van der Waals surface area contributed by atoms with E-state index < -0.39 is 0 Å². The first-order chi connectivity index (χ1) is 6.18. The van der Waals surface area contributed by atoms with Crippen LogP contribution in [0.25, 0.3) is 0 Å². The Morgan fingerprint density at radius 1 is 1.31 bits per heavy atom. The molecule has 13 heavy (non-hydrogen) atoms. The molecule has 1 unspecified atom stereocenters. The monoisotopic (exact) mass is 183 g/mol. The topological polar surface area (TPSA) is 27.6 Å². The number of nitrogens with one attached hydrogen (secondary N) is 1. The lowest BCUT2D eigenvalue weighted by Gasteiger charge is -2.14. The average molecular weight is 183 g/mol. The second-order valence-corrected chi connectivity index (χ2v) is 4.12. The second-order valence-electron chi connectivity index (χ2n) is 4.12. The second kappa shape index (κ2) is 5.22. The molecular formula is C10H21N3. The maximum atomic E-state index is 4.26. The van der Waals surface area contributed by atoms with Gasteiger partial charge in [0.1, 0.15) is 0 Å². The third-order valence-corrected chi connectivity index (χ3v) is 2.42. The predicted molar refractivity (Wildman–Crippen MR) is 57.1 cm³/mol. The third kappa shape index (κ3) is 4.27. The molecule has 0 aliphatic carbocycles. The third-order valence-electron chi connectivity index (χ3n) is 2.42. The summed E-state index contributed by atoms with van der Waals surface area (Å²) in [4.78, 5) is 2.39. The van der Waals surface area contributed by atoms with Gasteiger partial charge in [-0.25, -0.2) is 0 Å². The molecule has 76 valence electrons. The number of hydrogen-bond donors (Lipinski definition) is 1. The van der Waals surface area contributed by atoms with Crippen LogP contribution in [0, 0.1) is 0 Å². The molecule has 1 N–H and O–H groups in total. The van der Waals surface area contributed by atoms with Crippen LogP contribution in [-0.2, 0) is 0 Å². The maximum absolute atomic E-state index is 4.26. The van der Waals surface area contributed by atoms with Gasteiger partial charge in [-0.2, -0.15) is 5.10 Å². The standard InChI is InChI=1S/C10H21N3/c1-9(2)11-12-10-5-4-7-13(3)8-6-10/h10,12H,4-8H2,1-3H3. The molecule has 1 fully saturated rings. The van der Waals surface area contributed by atoms with Crippen LogP contribution in [-0.4, -0.2) is 36.8 Å². The van der Waals surface area contributed by atoms with Crippen molar-refractivity contribution in [3.05, 3.63) is 0 Å². The van der Waals surface area contributed by atoms with Gasteiger partial charge in [0.25, 0.3) is 0 Å². The summed E-state index contributed by atoms with van der Waals surface area (Å²) in [6, 6.07) is 0.583. The summed E-state index contributed by atoms with van der Waals surface area (Å²) in [6.07, 6.45) is 3.75. The van der Waals surface area contributed by atoms with Crippen LogP contribution in [0.5, 0.6) is 0 Å². The normalized spacial score (nSPS) is 25.0. The molecule has 1 saturated heterocycles. The Hall–Kier alpha value is -0.570. The Morgan fingerprint density at radius 3 is 2.77 bits per heavy atom. The fraction of sp³-hybridized carbons (Fsp3) is 0.900. The first-order valence-electron chi connectivity index (χ1n) is 5.13. The summed E-state index contributed by atoms with van der Waals surface area (Å²) in [5, 5.41) is 4.26. The van der Waals surface area contributed by atoms with Gasteiger partial charge in [0.05, 0.1) is 0 Å². The van der Waals surface area contributed by atoms with Gasteiger partial charge in [0.2, 0.25) is 0 Å². The molecule has 1 atom stereocenters. The number of likely N-dealkylation sites (tertiary alicyclic amines) is 1. The minimum atomic E-state index is 0.583. The van der Waals surface area contributed by atoms with Crippen molar-refractivity contribution in [2.45, 2.75) is 39.2 Å². The number of hydrazone groups is 1. The molecule has 1 aliphatic heterocycles. The van der Waals surface area contributed by atoms with Gasteiger partial charge < -0.3 is 10.3 Å². The molecule has 1 aliphatic rings. The molecule has 1 rings (SSSR count). The predicted octanol–water partition coefficient (Wildman–Crippen LogP) is 1.46. The van der Waals surface area contributed by atoms with E-state index >= 15 is 0 Å². The Kier molecular flexibility index (Phi) is 4.22. The summed E-state index contributed by atoms with van der Waals surface area (Å²) in [7, 11) is 2.19.